The normalized spacial score (nSPS) is 11.0. The molecular formula is C22H15NS. The predicted octanol–water partition coefficient (Wildman–Crippen LogP) is 6.30. The van der Waals surface area contributed by atoms with Crippen LogP contribution in [-0.4, -0.2) is 0 Å². The number of benzene rings is 4. The highest BCUT2D eigenvalue weighted by atomic mass is 32.2. The van der Waals surface area contributed by atoms with Crippen LogP contribution in [0, 0.1) is 10.7 Å². The molecule has 0 aromatic heterocycles. The van der Waals surface area contributed by atoms with Crippen molar-refractivity contribution in [1.82, 2.24) is 0 Å². The first-order chi connectivity index (χ1) is 11.9. The zero-order valence-corrected chi connectivity index (χ0v) is 13.8. The molecule has 0 aliphatic rings. The summed E-state index contributed by atoms with van der Waals surface area (Å²) >= 11 is 1.32. The van der Waals surface area contributed by atoms with Gasteiger partial charge in [0.25, 0.3) is 0 Å². The number of hydrogen-bond acceptors (Lipinski definition) is 2. The van der Waals surface area contributed by atoms with Gasteiger partial charge in [-0.25, -0.2) is 0 Å². The van der Waals surface area contributed by atoms with Gasteiger partial charge in [0.1, 0.15) is 5.40 Å². The second kappa shape index (κ2) is 6.39. The molecule has 0 spiro atoms. The lowest BCUT2D eigenvalue weighted by atomic mass is 9.94. The van der Waals surface area contributed by atoms with Gasteiger partial charge in [0.15, 0.2) is 0 Å². The number of nitrogens with zero attached hydrogens (tertiary/aromatic N) is 1. The summed E-state index contributed by atoms with van der Waals surface area (Å²) in [6, 6.07) is 29.4. The van der Waals surface area contributed by atoms with E-state index in [4.69, 9.17) is 0 Å². The smallest absolute Gasteiger partial charge is 0.134 e. The van der Waals surface area contributed by atoms with Crippen LogP contribution in [0.25, 0.3) is 21.5 Å². The van der Waals surface area contributed by atoms with Gasteiger partial charge < -0.3 is 0 Å². The summed E-state index contributed by atoms with van der Waals surface area (Å²) < 4.78 is 0. The predicted molar refractivity (Wildman–Crippen MR) is 103 cm³/mol. The highest BCUT2D eigenvalue weighted by Gasteiger charge is 2.19. The van der Waals surface area contributed by atoms with Crippen LogP contribution in [0.5, 0.6) is 0 Å². The molecule has 0 unspecified atom stereocenters. The number of rotatable bonds is 3. The van der Waals surface area contributed by atoms with Gasteiger partial charge in [-0.3, -0.25) is 0 Å². The Balaban J connectivity index is 1.99. The fraction of sp³-hybridized carbons (Fsp3) is 0.0455. The molecule has 0 saturated heterocycles. The quantitative estimate of drug-likeness (QED) is 0.413. The van der Waals surface area contributed by atoms with Crippen molar-refractivity contribution >= 4 is 33.3 Å². The van der Waals surface area contributed by atoms with Gasteiger partial charge in [0.05, 0.1) is 5.25 Å². The first-order valence-electron chi connectivity index (χ1n) is 7.88. The Morgan fingerprint density at radius 1 is 0.625 bits per heavy atom. The van der Waals surface area contributed by atoms with Crippen molar-refractivity contribution in [3.63, 3.8) is 0 Å². The van der Waals surface area contributed by atoms with E-state index in [2.05, 4.69) is 90.3 Å². The van der Waals surface area contributed by atoms with Crippen LogP contribution in [0.15, 0.2) is 84.9 Å². The van der Waals surface area contributed by atoms with Crippen LogP contribution in [0.3, 0.4) is 0 Å². The molecule has 0 heterocycles. The van der Waals surface area contributed by atoms with Gasteiger partial charge in [-0.05, 0) is 44.4 Å². The first-order valence-corrected chi connectivity index (χ1v) is 8.76. The standard InChI is InChI=1S/C22H15NS/c23-15-24-22(20-13-5-9-16-7-1-3-11-18(16)20)21-14-6-10-17-8-2-4-12-19(17)21/h1-14,22H. The van der Waals surface area contributed by atoms with E-state index in [1.807, 2.05) is 0 Å². The van der Waals surface area contributed by atoms with Crippen molar-refractivity contribution in [2.24, 2.45) is 0 Å². The molecule has 4 rings (SSSR count). The molecule has 0 N–H and O–H groups in total. The third kappa shape index (κ3) is 2.54. The van der Waals surface area contributed by atoms with Gasteiger partial charge >= 0.3 is 0 Å². The Hall–Kier alpha value is -2.76. The Morgan fingerprint density at radius 3 is 1.58 bits per heavy atom. The fourth-order valence-electron chi connectivity index (χ4n) is 3.31. The molecular weight excluding hydrogens is 310 g/mol. The van der Waals surface area contributed by atoms with E-state index < -0.39 is 0 Å². The Morgan fingerprint density at radius 2 is 1.08 bits per heavy atom. The van der Waals surface area contributed by atoms with E-state index in [0.29, 0.717) is 0 Å². The Kier molecular flexibility index (Phi) is 3.94. The molecule has 24 heavy (non-hydrogen) atoms. The maximum Gasteiger partial charge on any atom is 0.134 e. The molecule has 0 saturated carbocycles. The topological polar surface area (TPSA) is 23.8 Å². The first kappa shape index (κ1) is 14.8. The Labute approximate surface area is 145 Å². The summed E-state index contributed by atoms with van der Waals surface area (Å²) in [4.78, 5) is 0. The van der Waals surface area contributed by atoms with Gasteiger partial charge in [0, 0.05) is 0 Å². The number of hydrogen-bond donors (Lipinski definition) is 0. The Bertz CT molecular complexity index is 972. The second-order valence-corrected chi connectivity index (χ2v) is 6.62. The number of fused-ring (bicyclic) bond motifs is 2. The van der Waals surface area contributed by atoms with E-state index in [1.54, 1.807) is 0 Å². The van der Waals surface area contributed by atoms with Crippen LogP contribution < -0.4 is 0 Å². The lowest BCUT2D eigenvalue weighted by Gasteiger charge is -2.18. The van der Waals surface area contributed by atoms with Crippen LogP contribution >= 0.6 is 11.8 Å². The summed E-state index contributed by atoms with van der Waals surface area (Å²) in [5.41, 5.74) is 2.38. The molecule has 0 fully saturated rings. The largest absolute Gasteiger partial charge is 0.185 e. The fourth-order valence-corrected chi connectivity index (χ4v) is 4.08. The van der Waals surface area contributed by atoms with Crippen molar-refractivity contribution in [1.29, 1.82) is 5.26 Å². The average Bonchev–Trinajstić information content (AvgIpc) is 2.65. The average molecular weight is 325 g/mol. The molecule has 0 aliphatic carbocycles. The summed E-state index contributed by atoms with van der Waals surface area (Å²) in [5.74, 6) is 0. The van der Waals surface area contributed by atoms with Gasteiger partial charge in [0.2, 0.25) is 0 Å². The molecule has 0 atom stereocenters. The van der Waals surface area contributed by atoms with E-state index in [1.165, 1.54) is 44.4 Å². The molecule has 0 aliphatic heterocycles. The third-order valence-corrected chi connectivity index (χ3v) is 5.23. The molecule has 0 radical (unpaired) electrons. The molecule has 114 valence electrons. The van der Waals surface area contributed by atoms with Gasteiger partial charge in [-0.15, -0.1) is 0 Å². The highest BCUT2D eigenvalue weighted by Crippen LogP contribution is 2.41. The van der Waals surface area contributed by atoms with Crippen molar-refractivity contribution in [3.05, 3.63) is 96.1 Å². The minimum Gasteiger partial charge on any atom is -0.185 e. The van der Waals surface area contributed by atoms with Crippen LogP contribution in [-0.2, 0) is 0 Å². The zero-order valence-electron chi connectivity index (χ0n) is 13.0. The third-order valence-electron chi connectivity index (χ3n) is 4.38. The molecule has 4 aromatic rings. The minimum atomic E-state index is -0.00722. The lowest BCUT2D eigenvalue weighted by Crippen LogP contribution is -1.98. The summed E-state index contributed by atoms with van der Waals surface area (Å²) in [6.07, 6.45) is 0. The lowest BCUT2D eigenvalue weighted by molar-refractivity contribution is 1.20. The molecule has 1 nitrogen and oxygen atoms in total. The van der Waals surface area contributed by atoms with Crippen molar-refractivity contribution in [2.75, 3.05) is 0 Å². The van der Waals surface area contributed by atoms with E-state index in [9.17, 15) is 5.26 Å². The highest BCUT2D eigenvalue weighted by molar-refractivity contribution is 8.04. The van der Waals surface area contributed by atoms with Gasteiger partial charge in [-0.2, -0.15) is 5.26 Å². The number of thiocyanates is 1. The van der Waals surface area contributed by atoms with Crippen molar-refractivity contribution in [3.8, 4) is 5.40 Å². The van der Waals surface area contributed by atoms with Crippen molar-refractivity contribution in [2.45, 2.75) is 5.25 Å². The minimum absolute atomic E-state index is 0.00722. The molecule has 2 heteroatoms. The van der Waals surface area contributed by atoms with E-state index in [-0.39, 0.29) is 5.25 Å². The maximum absolute atomic E-state index is 9.42. The number of nitriles is 1. The van der Waals surface area contributed by atoms with Crippen LogP contribution in [0.4, 0.5) is 0 Å². The number of thioether (sulfide) groups is 1. The summed E-state index contributed by atoms with van der Waals surface area (Å²) in [7, 11) is 0. The molecule has 0 bridgehead atoms. The van der Waals surface area contributed by atoms with E-state index in [0.717, 1.165) is 0 Å². The van der Waals surface area contributed by atoms with Crippen LogP contribution in [0.1, 0.15) is 16.4 Å². The second-order valence-electron chi connectivity index (χ2n) is 5.73. The van der Waals surface area contributed by atoms with Gasteiger partial charge in [-0.1, -0.05) is 84.9 Å². The van der Waals surface area contributed by atoms with Crippen molar-refractivity contribution < 1.29 is 0 Å². The monoisotopic (exact) mass is 325 g/mol. The molecule has 4 aromatic carbocycles. The SMILES string of the molecule is N#CSC(c1cccc2ccccc12)c1cccc2ccccc12. The summed E-state index contributed by atoms with van der Waals surface area (Å²) in [5, 5.41) is 16.6. The maximum atomic E-state index is 9.42. The van der Waals surface area contributed by atoms with E-state index >= 15 is 0 Å². The zero-order chi connectivity index (χ0) is 16.4. The molecule has 0 amide bonds. The van der Waals surface area contributed by atoms with Crippen LogP contribution in [0.2, 0.25) is 0 Å². The summed E-state index contributed by atoms with van der Waals surface area (Å²) in [6.45, 7) is 0.